The predicted octanol–water partition coefficient (Wildman–Crippen LogP) is 2.24. The van der Waals surface area contributed by atoms with Crippen molar-refractivity contribution in [2.45, 2.75) is 26.7 Å². The van der Waals surface area contributed by atoms with Gasteiger partial charge < -0.3 is 5.32 Å². The molecule has 1 fully saturated rings. The zero-order chi connectivity index (χ0) is 9.97. The summed E-state index contributed by atoms with van der Waals surface area (Å²) in [4.78, 5) is 0. The molecule has 0 aromatic carbocycles. The van der Waals surface area contributed by atoms with Crippen LogP contribution in [-0.4, -0.2) is 16.7 Å². The summed E-state index contributed by atoms with van der Waals surface area (Å²) < 4.78 is 0. The molecule has 0 radical (unpaired) electrons. The highest BCUT2D eigenvalue weighted by molar-refractivity contribution is 5.34. The van der Waals surface area contributed by atoms with Crippen molar-refractivity contribution in [2.24, 2.45) is 11.8 Å². The molecule has 1 aliphatic rings. The van der Waals surface area contributed by atoms with Crippen molar-refractivity contribution in [3.8, 4) is 0 Å². The zero-order valence-corrected chi connectivity index (χ0v) is 8.83. The largest absolute Gasteiger partial charge is 0.368 e. The highest BCUT2D eigenvalue weighted by Gasteiger charge is 2.27. The molecule has 1 unspecified atom stereocenters. The normalized spacial score (nSPS) is 17.9. The van der Waals surface area contributed by atoms with E-state index in [9.17, 15) is 0 Å². The molecular formula is C11H17N3. The van der Waals surface area contributed by atoms with E-state index in [2.05, 4.69) is 22.4 Å². The van der Waals surface area contributed by atoms with E-state index in [4.69, 9.17) is 0 Å². The third-order valence-corrected chi connectivity index (χ3v) is 2.82. The Labute approximate surface area is 84.9 Å². The molecule has 1 atom stereocenters. The Morgan fingerprint density at radius 1 is 1.57 bits per heavy atom. The molecule has 1 N–H and O–H groups in total. The van der Waals surface area contributed by atoms with Crippen LogP contribution in [0.4, 0.5) is 5.82 Å². The van der Waals surface area contributed by atoms with Crippen molar-refractivity contribution in [1.82, 2.24) is 10.2 Å². The quantitative estimate of drug-likeness (QED) is 0.793. The van der Waals surface area contributed by atoms with Gasteiger partial charge in [0.1, 0.15) is 5.82 Å². The molecule has 3 nitrogen and oxygen atoms in total. The number of hydrogen-bond acceptors (Lipinski definition) is 3. The second-order valence-electron chi connectivity index (χ2n) is 4.31. The van der Waals surface area contributed by atoms with Crippen LogP contribution in [0.5, 0.6) is 0 Å². The van der Waals surface area contributed by atoms with Crippen LogP contribution in [0.3, 0.4) is 0 Å². The van der Waals surface area contributed by atoms with Crippen molar-refractivity contribution >= 4 is 5.82 Å². The lowest BCUT2D eigenvalue weighted by molar-refractivity contribution is 0.535. The van der Waals surface area contributed by atoms with Gasteiger partial charge in [-0.05, 0) is 43.2 Å². The van der Waals surface area contributed by atoms with E-state index in [0.717, 1.165) is 29.8 Å². The molecule has 0 aliphatic heterocycles. The number of nitrogens with zero attached hydrogens (tertiary/aromatic N) is 2. The number of aryl methyl sites for hydroxylation is 1. The molecule has 0 bridgehead atoms. The molecule has 1 heterocycles. The lowest BCUT2D eigenvalue weighted by atomic mass is 10.1. The summed E-state index contributed by atoms with van der Waals surface area (Å²) in [6, 6.07) is 2.03. The van der Waals surface area contributed by atoms with Crippen LogP contribution in [0.25, 0.3) is 0 Å². The van der Waals surface area contributed by atoms with Crippen molar-refractivity contribution in [2.75, 3.05) is 11.9 Å². The number of hydrogen-bond donors (Lipinski definition) is 1. The summed E-state index contributed by atoms with van der Waals surface area (Å²) in [5.41, 5.74) is 1.15. The van der Waals surface area contributed by atoms with Gasteiger partial charge in [-0.1, -0.05) is 6.92 Å². The summed E-state index contributed by atoms with van der Waals surface area (Å²) in [6.45, 7) is 5.35. The van der Waals surface area contributed by atoms with E-state index in [1.54, 1.807) is 6.20 Å². The fourth-order valence-corrected chi connectivity index (χ4v) is 1.65. The van der Waals surface area contributed by atoms with Crippen molar-refractivity contribution in [3.05, 3.63) is 17.8 Å². The maximum atomic E-state index is 4.03. The van der Waals surface area contributed by atoms with Crippen LogP contribution in [0, 0.1) is 18.8 Å². The third kappa shape index (κ3) is 2.44. The third-order valence-electron chi connectivity index (χ3n) is 2.82. The molecule has 1 aromatic rings. The van der Waals surface area contributed by atoms with Gasteiger partial charge in [-0.15, -0.1) is 5.10 Å². The Hall–Kier alpha value is -1.12. The first-order valence-electron chi connectivity index (χ1n) is 5.29. The number of nitrogens with one attached hydrogen (secondary N) is 1. The lowest BCUT2D eigenvalue weighted by Crippen LogP contribution is -2.13. The second-order valence-corrected chi connectivity index (χ2v) is 4.31. The second kappa shape index (κ2) is 3.95. The van der Waals surface area contributed by atoms with Crippen LogP contribution < -0.4 is 5.32 Å². The first-order valence-corrected chi connectivity index (χ1v) is 5.29. The molecule has 0 saturated heterocycles. The fraction of sp³-hybridized carbons (Fsp3) is 0.636. The van der Waals surface area contributed by atoms with Gasteiger partial charge in [0.05, 0.1) is 6.20 Å². The predicted molar refractivity (Wildman–Crippen MR) is 57.1 cm³/mol. The minimum atomic E-state index is 0.761. The SMILES string of the molecule is Cc1cnnc(NCC(C)C2CC2)c1. The molecule has 1 aliphatic carbocycles. The molecule has 76 valence electrons. The van der Waals surface area contributed by atoms with Crippen LogP contribution in [0.2, 0.25) is 0 Å². The highest BCUT2D eigenvalue weighted by Crippen LogP contribution is 2.36. The van der Waals surface area contributed by atoms with Gasteiger partial charge in [0.25, 0.3) is 0 Å². The van der Waals surface area contributed by atoms with Gasteiger partial charge in [-0.2, -0.15) is 5.10 Å². The average Bonchev–Trinajstić information content (AvgIpc) is 2.97. The maximum absolute atomic E-state index is 4.03. The summed E-state index contributed by atoms with van der Waals surface area (Å²) >= 11 is 0. The smallest absolute Gasteiger partial charge is 0.148 e. The van der Waals surface area contributed by atoms with E-state index < -0.39 is 0 Å². The van der Waals surface area contributed by atoms with Gasteiger partial charge in [-0.3, -0.25) is 0 Å². The molecule has 0 amide bonds. The molecule has 2 rings (SSSR count). The fourth-order valence-electron chi connectivity index (χ4n) is 1.65. The van der Waals surface area contributed by atoms with Gasteiger partial charge in [0.2, 0.25) is 0 Å². The van der Waals surface area contributed by atoms with Gasteiger partial charge in [-0.25, -0.2) is 0 Å². The maximum Gasteiger partial charge on any atom is 0.148 e. The van der Waals surface area contributed by atoms with Crippen molar-refractivity contribution < 1.29 is 0 Å². The van der Waals surface area contributed by atoms with E-state index in [1.165, 1.54) is 12.8 Å². The molecular weight excluding hydrogens is 174 g/mol. The van der Waals surface area contributed by atoms with Crippen molar-refractivity contribution in [1.29, 1.82) is 0 Å². The Morgan fingerprint density at radius 3 is 3.00 bits per heavy atom. The first-order chi connectivity index (χ1) is 6.75. The molecule has 0 spiro atoms. The Kier molecular flexibility index (Phi) is 2.66. The van der Waals surface area contributed by atoms with E-state index in [-0.39, 0.29) is 0 Å². The summed E-state index contributed by atoms with van der Waals surface area (Å²) in [6.07, 6.45) is 4.58. The number of aromatic nitrogens is 2. The van der Waals surface area contributed by atoms with E-state index in [1.807, 2.05) is 13.0 Å². The molecule has 14 heavy (non-hydrogen) atoms. The van der Waals surface area contributed by atoms with Crippen LogP contribution in [0.15, 0.2) is 12.3 Å². The summed E-state index contributed by atoms with van der Waals surface area (Å²) in [7, 11) is 0. The Balaban J connectivity index is 1.84. The topological polar surface area (TPSA) is 37.8 Å². The Bertz CT molecular complexity index is 307. The highest BCUT2D eigenvalue weighted by atomic mass is 15.2. The van der Waals surface area contributed by atoms with Crippen LogP contribution in [-0.2, 0) is 0 Å². The number of anilines is 1. The van der Waals surface area contributed by atoms with Crippen molar-refractivity contribution in [3.63, 3.8) is 0 Å². The summed E-state index contributed by atoms with van der Waals surface area (Å²) in [5.74, 6) is 2.61. The van der Waals surface area contributed by atoms with E-state index >= 15 is 0 Å². The molecule has 1 saturated carbocycles. The molecule has 3 heteroatoms. The van der Waals surface area contributed by atoms with Crippen LogP contribution >= 0.6 is 0 Å². The van der Waals surface area contributed by atoms with E-state index in [0.29, 0.717) is 0 Å². The van der Waals surface area contributed by atoms with Gasteiger partial charge in [0.15, 0.2) is 0 Å². The van der Waals surface area contributed by atoms with Gasteiger partial charge in [0, 0.05) is 6.54 Å². The average molecular weight is 191 g/mol. The minimum Gasteiger partial charge on any atom is -0.368 e. The first kappa shape index (κ1) is 9.44. The zero-order valence-electron chi connectivity index (χ0n) is 8.83. The standard InChI is InChI=1S/C11H17N3/c1-8-5-11(14-13-6-8)12-7-9(2)10-3-4-10/h5-6,9-10H,3-4,7H2,1-2H3,(H,12,14). The molecule has 1 aromatic heterocycles. The summed E-state index contributed by atoms with van der Waals surface area (Å²) in [5, 5.41) is 11.3. The lowest BCUT2D eigenvalue weighted by Gasteiger charge is -2.11. The monoisotopic (exact) mass is 191 g/mol. The van der Waals surface area contributed by atoms with Crippen LogP contribution in [0.1, 0.15) is 25.3 Å². The minimum absolute atomic E-state index is 0.761. The Morgan fingerprint density at radius 2 is 2.36 bits per heavy atom. The number of rotatable bonds is 4. The van der Waals surface area contributed by atoms with Gasteiger partial charge >= 0.3 is 0 Å².